The molecule has 0 unspecified atom stereocenters. The Labute approximate surface area is 109 Å². The molecule has 0 aliphatic carbocycles. The highest BCUT2D eigenvalue weighted by molar-refractivity contribution is 6.31. The smallest absolute Gasteiger partial charge is 0.129 e. The summed E-state index contributed by atoms with van der Waals surface area (Å²) in [7, 11) is 0. The van der Waals surface area contributed by atoms with Gasteiger partial charge in [0.15, 0.2) is 0 Å². The number of benzene rings is 1. The van der Waals surface area contributed by atoms with Gasteiger partial charge in [0.25, 0.3) is 0 Å². The molecule has 1 aromatic heterocycles. The van der Waals surface area contributed by atoms with Crippen molar-refractivity contribution in [1.29, 1.82) is 0 Å². The molecule has 0 saturated heterocycles. The maximum Gasteiger partial charge on any atom is 0.129 e. The van der Waals surface area contributed by atoms with Gasteiger partial charge in [-0.2, -0.15) is 0 Å². The minimum Gasteiger partial charge on any atom is -0.390 e. The highest BCUT2D eigenvalue weighted by Gasteiger charge is 2.14. The molecule has 0 saturated carbocycles. The monoisotopic (exact) mass is 269 g/mol. The summed E-state index contributed by atoms with van der Waals surface area (Å²) >= 11 is 5.96. The Bertz CT molecular complexity index is 536. The molecule has 18 heavy (non-hydrogen) atoms. The lowest BCUT2D eigenvalue weighted by atomic mass is 10.2. The lowest BCUT2D eigenvalue weighted by Crippen LogP contribution is -2.08. The van der Waals surface area contributed by atoms with Gasteiger partial charge in [-0.1, -0.05) is 29.8 Å². The van der Waals surface area contributed by atoms with Gasteiger partial charge in [-0.25, -0.2) is 9.07 Å². The molecule has 0 radical (unpaired) electrons. The normalized spacial score (nSPS) is 10.9. The summed E-state index contributed by atoms with van der Waals surface area (Å²) in [5.41, 5.74) is 1.69. The Hall–Kier alpha value is -1.46. The van der Waals surface area contributed by atoms with Gasteiger partial charge in [-0.05, 0) is 18.6 Å². The van der Waals surface area contributed by atoms with Crippen molar-refractivity contribution in [2.75, 3.05) is 0 Å². The van der Waals surface area contributed by atoms with Crippen molar-refractivity contribution in [2.24, 2.45) is 0 Å². The predicted octanol–water partition coefficient (Wildman–Crippen LogP) is 2.17. The second-order valence-electron chi connectivity index (χ2n) is 3.85. The van der Waals surface area contributed by atoms with Crippen molar-refractivity contribution >= 4 is 11.6 Å². The second-order valence-corrected chi connectivity index (χ2v) is 4.26. The first-order chi connectivity index (χ1) is 8.67. The van der Waals surface area contributed by atoms with Crippen molar-refractivity contribution in [3.63, 3.8) is 0 Å². The summed E-state index contributed by atoms with van der Waals surface area (Å²) in [5, 5.41) is 17.3. The first-order valence-corrected chi connectivity index (χ1v) is 6.00. The number of aliphatic hydroxyl groups excluding tert-OH is 1. The van der Waals surface area contributed by atoms with Crippen LogP contribution in [0.4, 0.5) is 4.39 Å². The van der Waals surface area contributed by atoms with Crippen LogP contribution in [0.2, 0.25) is 5.02 Å². The van der Waals surface area contributed by atoms with Crippen molar-refractivity contribution in [1.82, 2.24) is 15.0 Å². The zero-order chi connectivity index (χ0) is 13.1. The molecule has 0 atom stereocenters. The number of nitrogens with zero attached hydrogens (tertiary/aromatic N) is 3. The van der Waals surface area contributed by atoms with E-state index in [1.54, 1.807) is 16.8 Å². The van der Waals surface area contributed by atoms with Crippen LogP contribution in [0.25, 0.3) is 0 Å². The van der Waals surface area contributed by atoms with Crippen LogP contribution in [0.5, 0.6) is 0 Å². The molecule has 0 amide bonds. The molecule has 0 aliphatic heterocycles. The van der Waals surface area contributed by atoms with Gasteiger partial charge in [0.1, 0.15) is 11.5 Å². The number of aromatic nitrogens is 3. The molecule has 4 nitrogen and oxygen atoms in total. The quantitative estimate of drug-likeness (QED) is 0.926. The molecule has 1 N–H and O–H groups in total. The SMILES string of the molecule is CCc1c(CO)nnn1Cc1c(F)cccc1Cl. The lowest BCUT2D eigenvalue weighted by molar-refractivity contribution is 0.275. The van der Waals surface area contributed by atoms with Crippen LogP contribution in [0, 0.1) is 5.82 Å². The fourth-order valence-corrected chi connectivity index (χ4v) is 2.06. The van der Waals surface area contributed by atoms with Crippen molar-refractivity contribution in [2.45, 2.75) is 26.5 Å². The van der Waals surface area contributed by atoms with E-state index in [2.05, 4.69) is 10.3 Å². The third-order valence-corrected chi connectivity index (χ3v) is 3.13. The van der Waals surface area contributed by atoms with E-state index < -0.39 is 0 Å². The van der Waals surface area contributed by atoms with E-state index in [9.17, 15) is 4.39 Å². The minimum absolute atomic E-state index is 0.172. The molecule has 0 fully saturated rings. The molecule has 0 bridgehead atoms. The molecular weight excluding hydrogens is 257 g/mol. The van der Waals surface area contributed by atoms with Crippen LogP contribution >= 0.6 is 11.6 Å². The van der Waals surface area contributed by atoms with Crippen LogP contribution < -0.4 is 0 Å². The zero-order valence-corrected chi connectivity index (χ0v) is 10.7. The molecule has 2 aromatic rings. The molecule has 6 heteroatoms. The third kappa shape index (κ3) is 2.37. The van der Waals surface area contributed by atoms with Gasteiger partial charge in [0, 0.05) is 10.6 Å². The largest absolute Gasteiger partial charge is 0.390 e. The van der Waals surface area contributed by atoms with Gasteiger partial charge in [-0.3, -0.25) is 0 Å². The Morgan fingerprint density at radius 3 is 2.83 bits per heavy atom. The number of halogens is 2. The van der Waals surface area contributed by atoms with Gasteiger partial charge in [0.05, 0.1) is 18.8 Å². The van der Waals surface area contributed by atoms with E-state index >= 15 is 0 Å². The summed E-state index contributed by atoms with van der Waals surface area (Å²) in [6.45, 7) is 1.97. The molecule has 0 spiro atoms. The molecule has 96 valence electrons. The van der Waals surface area contributed by atoms with Gasteiger partial charge in [-0.15, -0.1) is 5.10 Å². The molecular formula is C12H13ClFN3O. The fourth-order valence-electron chi connectivity index (χ4n) is 1.84. The fraction of sp³-hybridized carbons (Fsp3) is 0.333. The highest BCUT2D eigenvalue weighted by atomic mass is 35.5. The summed E-state index contributed by atoms with van der Waals surface area (Å²) in [6, 6.07) is 4.55. The molecule has 0 aliphatic rings. The summed E-state index contributed by atoms with van der Waals surface area (Å²) in [6.07, 6.45) is 0.662. The van der Waals surface area contributed by atoms with E-state index in [-0.39, 0.29) is 19.0 Å². The highest BCUT2D eigenvalue weighted by Crippen LogP contribution is 2.20. The van der Waals surface area contributed by atoms with Gasteiger partial charge < -0.3 is 5.11 Å². The first kappa shape index (κ1) is 13.0. The van der Waals surface area contributed by atoms with Crippen LogP contribution in [0.15, 0.2) is 18.2 Å². The standard InChI is InChI=1S/C12H13ClFN3O/c1-2-12-11(7-18)15-16-17(12)6-8-9(13)4-3-5-10(8)14/h3-5,18H,2,6-7H2,1H3. The van der Waals surface area contributed by atoms with Crippen LogP contribution in [-0.4, -0.2) is 20.1 Å². The topological polar surface area (TPSA) is 50.9 Å². The second kappa shape index (κ2) is 5.46. The summed E-state index contributed by atoms with van der Waals surface area (Å²) < 4.78 is 15.2. The van der Waals surface area contributed by atoms with Crippen molar-refractivity contribution < 1.29 is 9.50 Å². The molecule has 1 aromatic carbocycles. The Morgan fingerprint density at radius 2 is 2.22 bits per heavy atom. The maximum atomic E-state index is 13.7. The minimum atomic E-state index is -0.370. The average molecular weight is 270 g/mol. The number of hydrogen-bond acceptors (Lipinski definition) is 3. The van der Waals surface area contributed by atoms with Crippen LogP contribution in [0.1, 0.15) is 23.9 Å². The third-order valence-electron chi connectivity index (χ3n) is 2.77. The number of aliphatic hydroxyl groups is 1. The average Bonchev–Trinajstić information content (AvgIpc) is 2.75. The van der Waals surface area contributed by atoms with E-state index in [0.29, 0.717) is 22.7 Å². The molecule has 2 rings (SSSR count). The first-order valence-electron chi connectivity index (χ1n) is 5.62. The van der Waals surface area contributed by atoms with E-state index in [0.717, 1.165) is 5.69 Å². The Morgan fingerprint density at radius 1 is 1.44 bits per heavy atom. The van der Waals surface area contributed by atoms with Gasteiger partial charge in [0.2, 0.25) is 0 Å². The number of hydrogen-bond donors (Lipinski definition) is 1. The lowest BCUT2D eigenvalue weighted by Gasteiger charge is -2.08. The Balaban J connectivity index is 2.37. The van der Waals surface area contributed by atoms with E-state index in [1.807, 2.05) is 6.92 Å². The van der Waals surface area contributed by atoms with E-state index in [4.69, 9.17) is 16.7 Å². The van der Waals surface area contributed by atoms with Gasteiger partial charge >= 0.3 is 0 Å². The van der Waals surface area contributed by atoms with Crippen LogP contribution in [-0.2, 0) is 19.6 Å². The Kier molecular flexibility index (Phi) is 3.93. The zero-order valence-electron chi connectivity index (χ0n) is 9.90. The van der Waals surface area contributed by atoms with Crippen molar-refractivity contribution in [3.05, 3.63) is 46.0 Å². The number of rotatable bonds is 4. The molecule has 1 heterocycles. The predicted molar refractivity (Wildman–Crippen MR) is 65.8 cm³/mol. The summed E-state index contributed by atoms with van der Waals surface area (Å²) in [5.74, 6) is -0.370. The van der Waals surface area contributed by atoms with Crippen molar-refractivity contribution in [3.8, 4) is 0 Å². The van der Waals surface area contributed by atoms with Crippen LogP contribution in [0.3, 0.4) is 0 Å². The van der Waals surface area contributed by atoms with E-state index in [1.165, 1.54) is 6.07 Å². The maximum absolute atomic E-state index is 13.7. The summed E-state index contributed by atoms with van der Waals surface area (Å²) in [4.78, 5) is 0.